The van der Waals surface area contributed by atoms with Crippen molar-refractivity contribution in [2.24, 2.45) is 0 Å². The highest BCUT2D eigenvalue weighted by Gasteiger charge is 2.16. The maximum absolute atomic E-state index is 5.61. The Kier molecular flexibility index (Phi) is 2.74. The molecule has 3 aromatic heterocycles. The van der Waals surface area contributed by atoms with E-state index >= 15 is 0 Å². The Balaban J connectivity index is 2.32. The minimum atomic E-state index is 0.813. The first-order chi connectivity index (χ1) is 10.3. The van der Waals surface area contributed by atoms with E-state index in [0.29, 0.717) is 0 Å². The zero-order valence-electron chi connectivity index (χ0n) is 11.5. The molecule has 0 unspecified atom stereocenters. The van der Waals surface area contributed by atoms with Gasteiger partial charge < -0.3 is 0 Å². The van der Waals surface area contributed by atoms with Crippen LogP contribution in [-0.2, 0) is 0 Å². The predicted octanol–water partition coefficient (Wildman–Crippen LogP) is 0.771. The molecule has 1 aromatic carbocycles. The molecule has 0 aliphatic heterocycles. The second kappa shape index (κ2) is 4.62. The van der Waals surface area contributed by atoms with E-state index in [2.05, 4.69) is 9.97 Å². The van der Waals surface area contributed by atoms with E-state index in [0.717, 1.165) is 38.9 Å². The molecular weight excluding hydrogens is 257 g/mol. The molecule has 4 rings (SSSR count). The van der Waals surface area contributed by atoms with Gasteiger partial charge in [-0.1, -0.05) is 17.6 Å². The molecule has 0 fully saturated rings. The van der Waals surface area contributed by atoms with Crippen molar-refractivity contribution in [3.63, 3.8) is 0 Å². The maximum atomic E-state index is 5.61. The van der Waals surface area contributed by atoms with Crippen LogP contribution in [0.4, 0.5) is 0 Å². The van der Waals surface area contributed by atoms with Crippen molar-refractivity contribution in [2.45, 2.75) is 6.92 Å². The molecule has 0 aliphatic rings. The first-order valence-electron chi connectivity index (χ1n) is 6.70. The average molecular weight is 266 g/mol. The smallest absolute Gasteiger partial charge is 0.165 e. The van der Waals surface area contributed by atoms with Gasteiger partial charge in [0.05, 0.1) is 11.0 Å². The topological polar surface area (TPSA) is 43.1 Å². The van der Waals surface area contributed by atoms with Crippen LogP contribution >= 0.6 is 0 Å². The summed E-state index contributed by atoms with van der Waals surface area (Å²) in [7, 11) is 9.00. The van der Waals surface area contributed by atoms with Crippen molar-refractivity contribution in [3.8, 4) is 0 Å². The molecule has 0 atom stereocenters. The largest absolute Gasteiger partial charge is 0.275 e. The number of aryl methyl sites for hydroxylation is 1. The fourth-order valence-corrected chi connectivity index (χ4v) is 2.77. The van der Waals surface area contributed by atoms with Gasteiger partial charge in [-0.15, -0.1) is 0 Å². The van der Waals surface area contributed by atoms with Crippen molar-refractivity contribution >= 4 is 55.3 Å². The van der Waals surface area contributed by atoms with Crippen LogP contribution < -0.4 is 5.46 Å². The number of nitrogens with zero attached hydrogens (tertiary/aromatic N) is 4. The molecule has 0 saturated heterocycles. The van der Waals surface area contributed by atoms with Crippen LogP contribution in [0.5, 0.6) is 0 Å². The van der Waals surface area contributed by atoms with Crippen molar-refractivity contribution < 1.29 is 0 Å². The molecule has 21 heavy (non-hydrogen) atoms. The Morgan fingerprint density at radius 2 is 1.90 bits per heavy atom. The second-order valence-electron chi connectivity index (χ2n) is 4.89. The summed E-state index contributed by atoms with van der Waals surface area (Å²) in [5.74, 6) is 0. The predicted molar refractivity (Wildman–Crippen MR) is 87.4 cm³/mol. The Labute approximate surface area is 124 Å². The van der Waals surface area contributed by atoms with Gasteiger partial charge in [-0.3, -0.25) is 9.38 Å². The van der Waals surface area contributed by atoms with Crippen molar-refractivity contribution in [3.05, 3.63) is 42.2 Å². The van der Waals surface area contributed by atoms with Gasteiger partial charge in [0.1, 0.15) is 18.3 Å². The van der Waals surface area contributed by atoms with Crippen LogP contribution in [-0.4, -0.2) is 41.3 Å². The Bertz CT molecular complexity index is 980. The van der Waals surface area contributed by atoms with E-state index in [1.54, 1.807) is 12.4 Å². The highest BCUT2D eigenvalue weighted by Crippen LogP contribution is 2.21. The summed E-state index contributed by atoms with van der Waals surface area (Å²) >= 11 is 0. The number of aromatic nitrogens is 4. The summed E-state index contributed by atoms with van der Waals surface area (Å²) in [6.07, 6.45) is 3.41. The summed E-state index contributed by atoms with van der Waals surface area (Å²) in [4.78, 5) is 13.7. The summed E-state index contributed by atoms with van der Waals surface area (Å²) in [5.41, 5.74) is 6.48. The third kappa shape index (κ3) is 1.70. The monoisotopic (exact) mass is 266 g/mol. The van der Waals surface area contributed by atoms with Crippen LogP contribution in [0.1, 0.15) is 5.56 Å². The normalized spacial score (nSPS) is 11.3. The van der Waals surface area contributed by atoms with Gasteiger partial charge in [-0.25, -0.2) is 9.97 Å². The molecule has 94 valence electrons. The first-order valence-corrected chi connectivity index (χ1v) is 6.70. The van der Waals surface area contributed by atoms with E-state index in [-0.39, 0.29) is 0 Å². The van der Waals surface area contributed by atoms with Gasteiger partial charge in [-0.05, 0) is 24.6 Å². The minimum absolute atomic E-state index is 0.813. The highest BCUT2D eigenvalue weighted by molar-refractivity contribution is 7.28. The van der Waals surface area contributed by atoms with Crippen LogP contribution in [0.3, 0.4) is 0 Å². The number of imidazole rings is 1. The van der Waals surface area contributed by atoms with Gasteiger partial charge in [-0.2, -0.15) is 0 Å². The lowest BCUT2D eigenvalue weighted by Crippen LogP contribution is -2.27. The molecular formula is C14H9B3N4. The summed E-state index contributed by atoms with van der Waals surface area (Å²) in [6, 6.07) is 8.01. The van der Waals surface area contributed by atoms with E-state index in [1.807, 2.05) is 42.8 Å². The lowest BCUT2D eigenvalue weighted by atomic mass is 9.26. The molecule has 0 N–H and O–H groups in total. The maximum Gasteiger partial charge on any atom is 0.165 e. The number of hydrogen-bond donors (Lipinski definition) is 0. The minimum Gasteiger partial charge on any atom is -0.275 e. The van der Waals surface area contributed by atoms with Crippen molar-refractivity contribution in [2.75, 3.05) is 0 Å². The SMILES string of the molecule is [B][B][B]c1c(C)c2nccnc2n2c1nc1ccccc12. The Morgan fingerprint density at radius 1 is 1.10 bits per heavy atom. The number of benzene rings is 1. The van der Waals surface area contributed by atoms with Crippen LogP contribution in [0.15, 0.2) is 36.7 Å². The first kappa shape index (κ1) is 12.4. The fraction of sp³-hybridized carbons (Fsp3) is 0.0714. The highest BCUT2D eigenvalue weighted by atomic mass is 15.1. The van der Waals surface area contributed by atoms with Gasteiger partial charge in [0.15, 0.2) is 5.65 Å². The third-order valence-corrected chi connectivity index (χ3v) is 3.71. The van der Waals surface area contributed by atoms with E-state index < -0.39 is 0 Å². The molecule has 0 amide bonds. The van der Waals surface area contributed by atoms with Crippen molar-refractivity contribution in [1.29, 1.82) is 0 Å². The number of rotatable bonds is 2. The number of hydrogen-bond acceptors (Lipinski definition) is 3. The van der Waals surface area contributed by atoms with E-state index in [1.165, 1.54) is 7.06 Å². The van der Waals surface area contributed by atoms with Gasteiger partial charge >= 0.3 is 0 Å². The summed E-state index contributed by atoms with van der Waals surface area (Å²) < 4.78 is 2.04. The van der Waals surface area contributed by atoms with E-state index in [9.17, 15) is 0 Å². The Morgan fingerprint density at radius 3 is 2.76 bits per heavy atom. The van der Waals surface area contributed by atoms with Gasteiger partial charge in [0.25, 0.3) is 0 Å². The lowest BCUT2D eigenvalue weighted by Gasteiger charge is -2.10. The zero-order valence-corrected chi connectivity index (χ0v) is 11.5. The molecule has 3 heterocycles. The Hall–Kier alpha value is -2.30. The second-order valence-corrected chi connectivity index (χ2v) is 4.89. The van der Waals surface area contributed by atoms with Crippen molar-refractivity contribution in [1.82, 2.24) is 19.4 Å². The molecule has 4 aromatic rings. The molecule has 4 radical (unpaired) electrons. The standard InChI is InChI=1S/C14H9B3N4/c1-8-11(16-17-15)13-20-9-4-2-3-5-10(9)21(13)14-12(8)18-6-7-19-14/h2-7H,1H3. The molecule has 0 aliphatic carbocycles. The van der Waals surface area contributed by atoms with Gasteiger partial charge in [0.2, 0.25) is 0 Å². The van der Waals surface area contributed by atoms with Crippen LogP contribution in [0.25, 0.3) is 27.8 Å². The quantitative estimate of drug-likeness (QED) is 0.503. The molecule has 7 heteroatoms. The molecule has 0 bridgehead atoms. The van der Waals surface area contributed by atoms with Crippen LogP contribution in [0.2, 0.25) is 0 Å². The summed E-state index contributed by atoms with van der Waals surface area (Å²) in [5, 5.41) is 0. The number of pyridine rings is 1. The zero-order chi connectivity index (χ0) is 14.4. The fourth-order valence-electron chi connectivity index (χ4n) is 2.77. The van der Waals surface area contributed by atoms with E-state index in [4.69, 9.17) is 12.7 Å². The lowest BCUT2D eigenvalue weighted by molar-refractivity contribution is 1.18. The number of para-hydroxylation sites is 2. The molecule has 0 saturated carbocycles. The number of fused-ring (bicyclic) bond motifs is 5. The average Bonchev–Trinajstić information content (AvgIpc) is 2.91. The van der Waals surface area contributed by atoms with Gasteiger partial charge in [0, 0.05) is 27.2 Å². The van der Waals surface area contributed by atoms with Crippen LogP contribution in [0, 0.1) is 6.92 Å². The third-order valence-electron chi connectivity index (χ3n) is 3.71. The molecule has 0 spiro atoms. The molecule has 4 nitrogen and oxygen atoms in total. The summed E-state index contributed by atoms with van der Waals surface area (Å²) in [6.45, 7) is 2.02.